The minimum absolute atomic E-state index is 0.922. The predicted molar refractivity (Wildman–Crippen MR) is 170 cm³/mol. The fourth-order valence-electron chi connectivity index (χ4n) is 5.81. The van der Waals surface area contributed by atoms with Crippen LogP contribution in [0.1, 0.15) is 31.9 Å². The van der Waals surface area contributed by atoms with E-state index in [9.17, 15) is 0 Å². The summed E-state index contributed by atoms with van der Waals surface area (Å²) in [5, 5.41) is 7.37. The first-order valence-electron chi connectivity index (χ1n) is 13.8. The summed E-state index contributed by atoms with van der Waals surface area (Å²) in [5.74, 6) is 0. The van der Waals surface area contributed by atoms with Gasteiger partial charge in [0.25, 0.3) is 0 Å². The smallest absolute Gasteiger partial charge is 0.135 e. The number of furan rings is 1. The summed E-state index contributed by atoms with van der Waals surface area (Å²) < 4.78 is 6.29. The SMILES string of the molecule is C/C=C\c1cc2c(cc1C)oc1ccc(-c3c4ccccc4c(-c4ccccc4)c4ccccc34)cc12.CC. The van der Waals surface area contributed by atoms with Gasteiger partial charge in [-0.25, -0.2) is 0 Å². The van der Waals surface area contributed by atoms with Crippen molar-refractivity contribution in [3.63, 3.8) is 0 Å². The van der Waals surface area contributed by atoms with Crippen molar-refractivity contribution in [3.8, 4) is 22.3 Å². The molecule has 190 valence electrons. The number of aryl methyl sites for hydroxylation is 1. The highest BCUT2D eigenvalue weighted by atomic mass is 16.3. The van der Waals surface area contributed by atoms with E-state index in [0.29, 0.717) is 0 Å². The Hall–Kier alpha value is -4.62. The predicted octanol–water partition coefficient (Wildman–Crippen LogP) is 11.6. The van der Waals surface area contributed by atoms with E-state index in [1.54, 1.807) is 0 Å². The van der Waals surface area contributed by atoms with Crippen LogP contribution in [0, 0.1) is 6.92 Å². The van der Waals surface area contributed by atoms with Crippen molar-refractivity contribution in [3.05, 3.63) is 126 Å². The second-order valence-corrected chi connectivity index (χ2v) is 9.73. The van der Waals surface area contributed by atoms with E-state index in [-0.39, 0.29) is 0 Å². The van der Waals surface area contributed by atoms with Gasteiger partial charge in [0.15, 0.2) is 0 Å². The summed E-state index contributed by atoms with van der Waals surface area (Å²) in [7, 11) is 0. The molecule has 1 aromatic heterocycles. The van der Waals surface area contributed by atoms with Gasteiger partial charge in [-0.3, -0.25) is 0 Å². The van der Waals surface area contributed by atoms with Crippen LogP contribution in [-0.4, -0.2) is 0 Å². The van der Waals surface area contributed by atoms with Crippen molar-refractivity contribution >= 4 is 49.6 Å². The summed E-state index contributed by atoms with van der Waals surface area (Å²) in [4.78, 5) is 0. The molecule has 0 amide bonds. The van der Waals surface area contributed by atoms with E-state index >= 15 is 0 Å². The lowest BCUT2D eigenvalue weighted by Crippen LogP contribution is -1.90. The van der Waals surface area contributed by atoms with Crippen molar-refractivity contribution in [2.45, 2.75) is 27.7 Å². The number of benzene rings is 6. The molecule has 0 aliphatic carbocycles. The maximum Gasteiger partial charge on any atom is 0.135 e. The number of hydrogen-bond acceptors (Lipinski definition) is 1. The number of hydrogen-bond donors (Lipinski definition) is 0. The summed E-state index contributed by atoms with van der Waals surface area (Å²) in [6.45, 7) is 8.20. The van der Waals surface area contributed by atoms with Crippen LogP contribution >= 0.6 is 0 Å². The number of rotatable bonds is 3. The molecular weight excluding hydrogens is 472 g/mol. The van der Waals surface area contributed by atoms with Crippen LogP contribution in [0.2, 0.25) is 0 Å². The molecule has 0 N–H and O–H groups in total. The normalized spacial score (nSPS) is 11.5. The molecule has 0 spiro atoms. The van der Waals surface area contributed by atoms with Crippen molar-refractivity contribution in [1.82, 2.24) is 0 Å². The first kappa shape index (κ1) is 24.7. The quantitative estimate of drug-likeness (QED) is 0.218. The maximum atomic E-state index is 6.29. The fraction of sp³-hybridized carbons (Fsp3) is 0.105. The molecular formula is C38H32O. The van der Waals surface area contributed by atoms with Crippen LogP contribution in [-0.2, 0) is 0 Å². The third kappa shape index (κ3) is 4.11. The van der Waals surface area contributed by atoms with E-state index in [1.807, 2.05) is 13.8 Å². The van der Waals surface area contributed by atoms with Gasteiger partial charge in [0, 0.05) is 10.8 Å². The van der Waals surface area contributed by atoms with Crippen molar-refractivity contribution in [1.29, 1.82) is 0 Å². The second-order valence-electron chi connectivity index (χ2n) is 9.73. The first-order chi connectivity index (χ1) is 19.2. The maximum absolute atomic E-state index is 6.29. The number of allylic oxidation sites excluding steroid dienone is 1. The third-order valence-electron chi connectivity index (χ3n) is 7.49. The summed E-state index contributed by atoms with van der Waals surface area (Å²) in [5.41, 5.74) is 9.31. The Balaban J connectivity index is 0.00000135. The number of fused-ring (bicyclic) bond motifs is 5. The fourth-order valence-corrected chi connectivity index (χ4v) is 5.81. The van der Waals surface area contributed by atoms with Crippen LogP contribution < -0.4 is 0 Å². The molecule has 7 rings (SSSR count). The van der Waals surface area contributed by atoms with Crippen LogP contribution in [0.5, 0.6) is 0 Å². The molecule has 1 heterocycles. The molecule has 7 aromatic rings. The molecule has 39 heavy (non-hydrogen) atoms. The average Bonchev–Trinajstić information content (AvgIpc) is 3.34. The zero-order valence-electron chi connectivity index (χ0n) is 23.0. The Labute approximate surface area is 230 Å². The van der Waals surface area contributed by atoms with Gasteiger partial charge in [-0.05, 0) is 93.0 Å². The van der Waals surface area contributed by atoms with Crippen molar-refractivity contribution < 1.29 is 4.42 Å². The van der Waals surface area contributed by atoms with Gasteiger partial charge in [0.2, 0.25) is 0 Å². The largest absolute Gasteiger partial charge is 0.456 e. The summed E-state index contributed by atoms with van der Waals surface area (Å²) in [6.07, 6.45) is 4.26. The van der Waals surface area contributed by atoms with E-state index in [1.165, 1.54) is 54.9 Å². The molecule has 1 nitrogen and oxygen atoms in total. The molecule has 0 saturated heterocycles. The molecule has 0 radical (unpaired) electrons. The minimum Gasteiger partial charge on any atom is -0.456 e. The van der Waals surface area contributed by atoms with Crippen molar-refractivity contribution in [2.75, 3.05) is 0 Å². The van der Waals surface area contributed by atoms with Crippen LogP contribution in [0.25, 0.3) is 71.8 Å². The van der Waals surface area contributed by atoms with Gasteiger partial charge in [-0.15, -0.1) is 0 Å². The topological polar surface area (TPSA) is 13.1 Å². The highest BCUT2D eigenvalue weighted by Crippen LogP contribution is 2.44. The van der Waals surface area contributed by atoms with Crippen LogP contribution in [0.15, 0.2) is 120 Å². The van der Waals surface area contributed by atoms with Gasteiger partial charge >= 0.3 is 0 Å². The highest BCUT2D eigenvalue weighted by Gasteiger charge is 2.17. The lowest BCUT2D eigenvalue weighted by molar-refractivity contribution is 0.668. The van der Waals surface area contributed by atoms with Crippen LogP contribution in [0.3, 0.4) is 0 Å². The summed E-state index contributed by atoms with van der Waals surface area (Å²) >= 11 is 0. The Morgan fingerprint density at radius 1 is 0.513 bits per heavy atom. The van der Waals surface area contributed by atoms with E-state index < -0.39 is 0 Å². The molecule has 0 aliphatic heterocycles. The zero-order chi connectivity index (χ0) is 26.9. The summed E-state index contributed by atoms with van der Waals surface area (Å²) in [6, 6.07) is 39.4. The zero-order valence-corrected chi connectivity index (χ0v) is 23.0. The molecule has 0 atom stereocenters. The molecule has 6 aromatic carbocycles. The molecule has 0 fully saturated rings. The highest BCUT2D eigenvalue weighted by molar-refractivity contribution is 6.22. The van der Waals surface area contributed by atoms with E-state index in [0.717, 1.165) is 21.9 Å². The minimum atomic E-state index is 0.922. The Morgan fingerprint density at radius 3 is 1.64 bits per heavy atom. The molecule has 0 bridgehead atoms. The second kappa shape index (κ2) is 10.3. The standard InChI is InChI=1S/C36H26O.C2H6/c1-3-11-25-21-32-31-22-26(18-19-33(31)37-34(32)20-23(25)2)36-29-16-9-7-14-27(29)35(24-12-5-4-6-13-24)28-15-8-10-17-30(28)36;1-2/h3-22H,1-2H3;1-2H3/b11-3-;. The van der Waals surface area contributed by atoms with E-state index in [2.05, 4.69) is 135 Å². The lowest BCUT2D eigenvalue weighted by atomic mass is 9.86. The van der Waals surface area contributed by atoms with Crippen molar-refractivity contribution in [2.24, 2.45) is 0 Å². The first-order valence-corrected chi connectivity index (χ1v) is 13.8. The monoisotopic (exact) mass is 504 g/mol. The van der Waals surface area contributed by atoms with Gasteiger partial charge in [-0.1, -0.05) is 111 Å². The van der Waals surface area contributed by atoms with Gasteiger partial charge < -0.3 is 4.42 Å². The molecule has 0 saturated carbocycles. The molecule has 0 unspecified atom stereocenters. The average molecular weight is 505 g/mol. The third-order valence-corrected chi connectivity index (χ3v) is 7.49. The van der Waals surface area contributed by atoms with Gasteiger partial charge in [0.05, 0.1) is 0 Å². The Bertz CT molecular complexity index is 1930. The van der Waals surface area contributed by atoms with Gasteiger partial charge in [-0.2, -0.15) is 0 Å². The Morgan fingerprint density at radius 2 is 1.05 bits per heavy atom. The van der Waals surface area contributed by atoms with Crippen LogP contribution in [0.4, 0.5) is 0 Å². The van der Waals surface area contributed by atoms with Gasteiger partial charge in [0.1, 0.15) is 11.2 Å². The molecule has 0 aliphatic rings. The molecule has 1 heteroatoms. The lowest BCUT2D eigenvalue weighted by Gasteiger charge is -2.17. The van der Waals surface area contributed by atoms with E-state index in [4.69, 9.17) is 4.42 Å². The Kier molecular flexibility index (Phi) is 6.50.